The Kier molecular flexibility index (Phi) is 3.98. The van der Waals surface area contributed by atoms with Crippen molar-refractivity contribution in [2.24, 2.45) is 5.73 Å². The quantitative estimate of drug-likeness (QED) is 0.813. The van der Waals surface area contributed by atoms with Crippen molar-refractivity contribution in [2.45, 2.75) is 32.2 Å². The summed E-state index contributed by atoms with van der Waals surface area (Å²) in [7, 11) is 0. The molecule has 2 rings (SSSR count). The van der Waals surface area contributed by atoms with Crippen molar-refractivity contribution in [1.29, 1.82) is 0 Å². The molecular formula is C12H21N3O. The first-order chi connectivity index (χ1) is 7.79. The Hall–Kier alpha value is -0.840. The average Bonchev–Trinajstić information content (AvgIpc) is 2.74. The van der Waals surface area contributed by atoms with Crippen LogP contribution in [0.2, 0.25) is 0 Å². The number of nitrogens with two attached hydrogens (primary N) is 1. The highest BCUT2D eigenvalue weighted by Crippen LogP contribution is 2.17. The topological polar surface area (TPSA) is 54.4 Å². The lowest BCUT2D eigenvalue weighted by Crippen LogP contribution is -2.45. The van der Waals surface area contributed by atoms with Crippen LogP contribution in [0.15, 0.2) is 16.5 Å². The number of nitrogens with one attached hydrogen (secondary N) is 1. The zero-order valence-corrected chi connectivity index (χ0v) is 9.91. The number of hydrogen-bond acceptors (Lipinski definition) is 4. The molecule has 0 bridgehead atoms. The summed E-state index contributed by atoms with van der Waals surface area (Å²) in [5.74, 6) is 1.87. The Bertz CT molecular complexity index is 318. The largest absolute Gasteiger partial charge is 0.465 e. The molecule has 1 aromatic rings. The predicted octanol–water partition coefficient (Wildman–Crippen LogP) is 1.58. The molecule has 1 fully saturated rings. The van der Waals surface area contributed by atoms with Crippen LogP contribution in [-0.4, -0.2) is 24.6 Å². The van der Waals surface area contributed by atoms with Crippen molar-refractivity contribution < 1.29 is 4.42 Å². The maximum absolute atomic E-state index is 5.78. The molecule has 1 saturated heterocycles. The van der Waals surface area contributed by atoms with Gasteiger partial charge in [-0.15, -0.1) is 0 Å². The van der Waals surface area contributed by atoms with Crippen LogP contribution < -0.4 is 11.2 Å². The molecule has 3 N–H and O–H groups in total. The molecule has 0 aliphatic carbocycles. The normalized spacial score (nSPS) is 19.9. The van der Waals surface area contributed by atoms with Crippen LogP contribution in [0.5, 0.6) is 0 Å². The van der Waals surface area contributed by atoms with Crippen molar-refractivity contribution in [2.75, 3.05) is 19.6 Å². The third-order valence-corrected chi connectivity index (χ3v) is 3.03. The smallest absolute Gasteiger partial charge is 0.123 e. The minimum Gasteiger partial charge on any atom is -0.465 e. The van der Waals surface area contributed by atoms with Gasteiger partial charge in [0.1, 0.15) is 11.5 Å². The van der Waals surface area contributed by atoms with Gasteiger partial charge in [0.05, 0.1) is 6.04 Å². The number of rotatable bonds is 4. The Labute approximate surface area is 96.8 Å². The van der Waals surface area contributed by atoms with Gasteiger partial charge in [-0.2, -0.15) is 0 Å². The van der Waals surface area contributed by atoms with Crippen molar-refractivity contribution in [3.63, 3.8) is 0 Å². The van der Waals surface area contributed by atoms with E-state index in [0.29, 0.717) is 6.54 Å². The molecule has 0 amide bonds. The lowest BCUT2D eigenvalue weighted by molar-refractivity contribution is 0.122. The first-order valence-corrected chi connectivity index (χ1v) is 6.07. The Morgan fingerprint density at radius 3 is 2.69 bits per heavy atom. The highest BCUT2D eigenvalue weighted by molar-refractivity contribution is 5.09. The molecule has 0 aromatic carbocycles. The molecule has 1 atom stereocenters. The number of nitrogens with zero attached hydrogens (tertiary/aromatic N) is 1. The molecule has 1 aliphatic rings. The number of aryl methyl sites for hydroxylation is 1. The van der Waals surface area contributed by atoms with Gasteiger partial charge < -0.3 is 10.2 Å². The first kappa shape index (κ1) is 11.6. The van der Waals surface area contributed by atoms with Gasteiger partial charge in [0.15, 0.2) is 0 Å². The van der Waals surface area contributed by atoms with Gasteiger partial charge in [-0.3, -0.25) is 0 Å². The summed E-state index contributed by atoms with van der Waals surface area (Å²) in [6.45, 7) is 4.73. The summed E-state index contributed by atoms with van der Waals surface area (Å²) in [5.41, 5.74) is 9.23. The molecule has 1 aromatic heterocycles. The van der Waals surface area contributed by atoms with Crippen LogP contribution in [-0.2, 0) is 0 Å². The van der Waals surface area contributed by atoms with E-state index in [4.69, 9.17) is 10.2 Å². The second-order valence-electron chi connectivity index (χ2n) is 4.41. The van der Waals surface area contributed by atoms with E-state index in [1.807, 2.05) is 19.1 Å². The van der Waals surface area contributed by atoms with Gasteiger partial charge in [-0.1, -0.05) is 6.42 Å². The van der Waals surface area contributed by atoms with Crippen molar-refractivity contribution in [3.8, 4) is 0 Å². The summed E-state index contributed by atoms with van der Waals surface area (Å²) in [5, 5.41) is 2.26. The summed E-state index contributed by atoms with van der Waals surface area (Å²) in [4.78, 5) is 0. The molecule has 0 spiro atoms. The number of piperidine rings is 1. The lowest BCUT2D eigenvalue weighted by Gasteiger charge is -2.30. The van der Waals surface area contributed by atoms with Gasteiger partial charge in [0.25, 0.3) is 0 Å². The molecule has 4 nitrogen and oxygen atoms in total. The van der Waals surface area contributed by atoms with E-state index < -0.39 is 0 Å². The maximum Gasteiger partial charge on any atom is 0.123 e. The van der Waals surface area contributed by atoms with E-state index in [0.717, 1.165) is 24.6 Å². The third-order valence-electron chi connectivity index (χ3n) is 3.03. The Morgan fingerprint density at radius 2 is 2.12 bits per heavy atom. The molecule has 16 heavy (non-hydrogen) atoms. The lowest BCUT2D eigenvalue weighted by atomic mass is 10.1. The van der Waals surface area contributed by atoms with Crippen molar-refractivity contribution >= 4 is 0 Å². The van der Waals surface area contributed by atoms with E-state index in [-0.39, 0.29) is 6.04 Å². The third kappa shape index (κ3) is 2.84. The van der Waals surface area contributed by atoms with Crippen LogP contribution >= 0.6 is 0 Å². The van der Waals surface area contributed by atoms with Crippen molar-refractivity contribution in [3.05, 3.63) is 23.7 Å². The standard InChI is InChI=1S/C12H21N3O/c1-10-5-6-12(16-10)11(9-13)14-15-7-3-2-4-8-15/h5-6,11,14H,2-4,7-9,13H2,1H3. The van der Waals surface area contributed by atoms with E-state index >= 15 is 0 Å². The minimum absolute atomic E-state index is 0.104. The minimum atomic E-state index is 0.104. The van der Waals surface area contributed by atoms with E-state index in [9.17, 15) is 0 Å². The van der Waals surface area contributed by atoms with Crippen LogP contribution in [0, 0.1) is 6.92 Å². The Balaban J connectivity index is 1.94. The van der Waals surface area contributed by atoms with Crippen molar-refractivity contribution in [1.82, 2.24) is 10.4 Å². The second-order valence-corrected chi connectivity index (χ2v) is 4.41. The van der Waals surface area contributed by atoms with Crippen LogP contribution in [0.4, 0.5) is 0 Å². The van der Waals surface area contributed by atoms with E-state index in [1.54, 1.807) is 0 Å². The summed E-state index contributed by atoms with van der Waals surface area (Å²) < 4.78 is 5.61. The highest BCUT2D eigenvalue weighted by Gasteiger charge is 2.18. The number of hydrazine groups is 1. The summed E-state index contributed by atoms with van der Waals surface area (Å²) >= 11 is 0. The Morgan fingerprint density at radius 1 is 1.38 bits per heavy atom. The predicted molar refractivity (Wildman–Crippen MR) is 63.8 cm³/mol. The van der Waals surface area contributed by atoms with E-state index in [2.05, 4.69) is 10.4 Å². The van der Waals surface area contributed by atoms with Crippen LogP contribution in [0.25, 0.3) is 0 Å². The molecule has 1 aliphatic heterocycles. The fraction of sp³-hybridized carbons (Fsp3) is 0.667. The number of furan rings is 1. The highest BCUT2D eigenvalue weighted by atomic mass is 16.3. The van der Waals surface area contributed by atoms with Crippen LogP contribution in [0.3, 0.4) is 0 Å². The summed E-state index contributed by atoms with van der Waals surface area (Å²) in [6.07, 6.45) is 3.87. The molecule has 2 heterocycles. The first-order valence-electron chi connectivity index (χ1n) is 6.07. The number of hydrogen-bond donors (Lipinski definition) is 2. The maximum atomic E-state index is 5.78. The van der Waals surface area contributed by atoms with Gasteiger partial charge in [0.2, 0.25) is 0 Å². The molecule has 90 valence electrons. The monoisotopic (exact) mass is 223 g/mol. The molecule has 4 heteroatoms. The zero-order valence-electron chi connectivity index (χ0n) is 9.91. The van der Waals surface area contributed by atoms with Crippen LogP contribution in [0.1, 0.15) is 36.8 Å². The SMILES string of the molecule is Cc1ccc(C(CN)NN2CCCCC2)o1. The molecule has 0 saturated carbocycles. The average molecular weight is 223 g/mol. The summed E-state index contributed by atoms with van der Waals surface area (Å²) in [6, 6.07) is 4.09. The fourth-order valence-electron chi connectivity index (χ4n) is 2.12. The molecule has 1 unspecified atom stereocenters. The molecule has 0 radical (unpaired) electrons. The second kappa shape index (κ2) is 5.48. The fourth-order valence-corrected chi connectivity index (χ4v) is 2.12. The van der Waals surface area contributed by atoms with Gasteiger partial charge >= 0.3 is 0 Å². The van der Waals surface area contributed by atoms with Gasteiger partial charge in [0, 0.05) is 19.6 Å². The van der Waals surface area contributed by atoms with E-state index in [1.165, 1.54) is 19.3 Å². The zero-order chi connectivity index (χ0) is 11.4. The van der Waals surface area contributed by atoms with Gasteiger partial charge in [-0.05, 0) is 31.9 Å². The van der Waals surface area contributed by atoms with Gasteiger partial charge in [-0.25, -0.2) is 10.4 Å². The molecular weight excluding hydrogens is 202 g/mol.